The Morgan fingerprint density at radius 1 is 1.43 bits per heavy atom. The molecular weight excluding hydrogens is 276 g/mol. The zero-order valence-corrected chi connectivity index (χ0v) is 12.1. The van der Waals surface area contributed by atoms with E-state index in [4.69, 9.17) is 20.3 Å². The molecule has 0 radical (unpaired) electrons. The van der Waals surface area contributed by atoms with Gasteiger partial charge in [0.05, 0.1) is 11.3 Å². The SMILES string of the molecule is COCCCNC(=O)C(C)Oc1cc(C(=O)O)ccc1N. The number of carboxylic acid groups (broad SMARTS) is 1. The first-order valence-electron chi connectivity index (χ1n) is 6.51. The van der Waals surface area contributed by atoms with Crippen LogP contribution in [-0.2, 0) is 9.53 Å². The van der Waals surface area contributed by atoms with Crippen molar-refractivity contribution in [2.75, 3.05) is 26.0 Å². The molecule has 1 aromatic rings. The summed E-state index contributed by atoms with van der Waals surface area (Å²) in [5.41, 5.74) is 6.04. The van der Waals surface area contributed by atoms with Crippen LogP contribution in [0.15, 0.2) is 18.2 Å². The highest BCUT2D eigenvalue weighted by atomic mass is 16.5. The summed E-state index contributed by atoms with van der Waals surface area (Å²) < 4.78 is 10.3. The lowest BCUT2D eigenvalue weighted by molar-refractivity contribution is -0.127. The number of nitrogens with two attached hydrogens (primary N) is 1. The number of aromatic carboxylic acids is 1. The third kappa shape index (κ3) is 5.31. The Bertz CT molecular complexity index is 504. The zero-order valence-electron chi connectivity index (χ0n) is 12.1. The normalized spacial score (nSPS) is 11.7. The second kappa shape index (κ2) is 8.11. The number of amides is 1. The third-order valence-electron chi connectivity index (χ3n) is 2.76. The highest BCUT2D eigenvalue weighted by Crippen LogP contribution is 2.24. The molecule has 0 aromatic heterocycles. The lowest BCUT2D eigenvalue weighted by atomic mass is 10.2. The number of benzene rings is 1. The van der Waals surface area contributed by atoms with E-state index in [1.165, 1.54) is 18.2 Å². The topological polar surface area (TPSA) is 111 Å². The van der Waals surface area contributed by atoms with Crippen LogP contribution >= 0.6 is 0 Å². The highest BCUT2D eigenvalue weighted by molar-refractivity contribution is 5.89. The van der Waals surface area contributed by atoms with Crippen molar-refractivity contribution in [3.63, 3.8) is 0 Å². The number of rotatable bonds is 8. The minimum Gasteiger partial charge on any atom is -0.479 e. The summed E-state index contributed by atoms with van der Waals surface area (Å²) in [6, 6.07) is 4.11. The number of anilines is 1. The Balaban J connectivity index is 2.61. The summed E-state index contributed by atoms with van der Waals surface area (Å²) in [7, 11) is 1.59. The van der Waals surface area contributed by atoms with Gasteiger partial charge in [0.2, 0.25) is 0 Å². The predicted octanol–water partition coefficient (Wildman–Crippen LogP) is 0.887. The van der Waals surface area contributed by atoms with Crippen LogP contribution in [0.3, 0.4) is 0 Å². The molecule has 1 unspecified atom stereocenters. The van der Waals surface area contributed by atoms with Gasteiger partial charge in [-0.15, -0.1) is 0 Å². The van der Waals surface area contributed by atoms with Crippen molar-refractivity contribution in [1.82, 2.24) is 5.32 Å². The number of methoxy groups -OCH3 is 1. The van der Waals surface area contributed by atoms with E-state index in [1.807, 2.05) is 0 Å². The molecule has 0 aliphatic heterocycles. The van der Waals surface area contributed by atoms with E-state index < -0.39 is 12.1 Å². The van der Waals surface area contributed by atoms with Crippen LogP contribution in [0.25, 0.3) is 0 Å². The van der Waals surface area contributed by atoms with E-state index in [2.05, 4.69) is 5.32 Å². The molecule has 0 fully saturated rings. The molecule has 7 nitrogen and oxygen atoms in total. The van der Waals surface area contributed by atoms with Crippen molar-refractivity contribution in [3.8, 4) is 5.75 Å². The molecule has 7 heteroatoms. The van der Waals surface area contributed by atoms with Gasteiger partial charge < -0.3 is 25.6 Å². The molecule has 21 heavy (non-hydrogen) atoms. The lowest BCUT2D eigenvalue weighted by Crippen LogP contribution is -2.37. The van der Waals surface area contributed by atoms with Gasteiger partial charge in [0.15, 0.2) is 6.10 Å². The number of carbonyl (C=O) groups excluding carboxylic acids is 1. The number of hydrogen-bond donors (Lipinski definition) is 3. The van der Waals surface area contributed by atoms with E-state index >= 15 is 0 Å². The third-order valence-corrected chi connectivity index (χ3v) is 2.76. The van der Waals surface area contributed by atoms with Gasteiger partial charge in [-0.05, 0) is 31.5 Å². The number of hydrogen-bond acceptors (Lipinski definition) is 5. The molecule has 0 saturated heterocycles. The van der Waals surface area contributed by atoms with Crippen molar-refractivity contribution in [1.29, 1.82) is 0 Å². The van der Waals surface area contributed by atoms with Crippen molar-refractivity contribution < 1.29 is 24.2 Å². The Kier molecular flexibility index (Phi) is 6.48. The van der Waals surface area contributed by atoms with Crippen LogP contribution in [0.1, 0.15) is 23.7 Å². The van der Waals surface area contributed by atoms with Gasteiger partial charge in [0, 0.05) is 20.3 Å². The first kappa shape index (κ1) is 16.8. The summed E-state index contributed by atoms with van der Waals surface area (Å²) >= 11 is 0. The number of nitrogens with one attached hydrogen (secondary N) is 1. The van der Waals surface area contributed by atoms with Crippen molar-refractivity contribution >= 4 is 17.6 Å². The highest BCUT2D eigenvalue weighted by Gasteiger charge is 2.16. The molecule has 4 N–H and O–H groups in total. The standard InChI is InChI=1S/C14H20N2O5/c1-9(13(17)16-6-3-7-20-2)21-12-8-10(14(18)19)4-5-11(12)15/h4-5,8-9H,3,6-7,15H2,1-2H3,(H,16,17)(H,18,19). The quantitative estimate of drug-likeness (QED) is 0.485. The van der Waals surface area contributed by atoms with Gasteiger partial charge in [-0.2, -0.15) is 0 Å². The van der Waals surface area contributed by atoms with Gasteiger partial charge >= 0.3 is 5.97 Å². The van der Waals surface area contributed by atoms with Crippen LogP contribution in [0.4, 0.5) is 5.69 Å². The molecule has 0 bridgehead atoms. The molecule has 1 amide bonds. The number of carbonyl (C=O) groups is 2. The average molecular weight is 296 g/mol. The Labute approximate surface area is 123 Å². The summed E-state index contributed by atoms with van der Waals surface area (Å²) in [6.45, 7) is 2.60. The zero-order chi connectivity index (χ0) is 15.8. The molecule has 1 aromatic carbocycles. The number of ether oxygens (including phenoxy) is 2. The Hall–Kier alpha value is -2.28. The Morgan fingerprint density at radius 2 is 2.14 bits per heavy atom. The first-order chi connectivity index (χ1) is 9.95. The smallest absolute Gasteiger partial charge is 0.335 e. The predicted molar refractivity (Wildman–Crippen MR) is 77.4 cm³/mol. The maximum absolute atomic E-state index is 11.8. The fraction of sp³-hybridized carbons (Fsp3) is 0.429. The molecule has 116 valence electrons. The van der Waals surface area contributed by atoms with Gasteiger partial charge in [-0.3, -0.25) is 4.79 Å². The van der Waals surface area contributed by atoms with E-state index in [0.29, 0.717) is 19.6 Å². The molecule has 1 atom stereocenters. The van der Waals surface area contributed by atoms with Crippen molar-refractivity contribution in [2.45, 2.75) is 19.4 Å². The lowest BCUT2D eigenvalue weighted by Gasteiger charge is -2.16. The Morgan fingerprint density at radius 3 is 2.76 bits per heavy atom. The van der Waals surface area contributed by atoms with E-state index in [1.54, 1.807) is 14.0 Å². The van der Waals surface area contributed by atoms with Crippen molar-refractivity contribution in [2.24, 2.45) is 0 Å². The fourth-order valence-electron chi connectivity index (χ4n) is 1.59. The molecule has 0 saturated carbocycles. The summed E-state index contributed by atoms with van der Waals surface area (Å²) in [6.07, 6.45) is -0.0788. The second-order valence-electron chi connectivity index (χ2n) is 4.46. The largest absolute Gasteiger partial charge is 0.479 e. The van der Waals surface area contributed by atoms with Crippen molar-refractivity contribution in [3.05, 3.63) is 23.8 Å². The monoisotopic (exact) mass is 296 g/mol. The van der Waals surface area contributed by atoms with Crippen LogP contribution in [0, 0.1) is 0 Å². The van der Waals surface area contributed by atoms with Gasteiger partial charge in [-0.25, -0.2) is 4.79 Å². The summed E-state index contributed by atoms with van der Waals surface area (Å²) in [5.74, 6) is -1.21. The van der Waals surface area contributed by atoms with E-state index in [-0.39, 0.29) is 22.9 Å². The van der Waals surface area contributed by atoms with Crippen LogP contribution in [-0.4, -0.2) is 43.3 Å². The van der Waals surface area contributed by atoms with E-state index in [0.717, 1.165) is 0 Å². The number of carboxylic acids is 1. The van der Waals surface area contributed by atoms with E-state index in [9.17, 15) is 9.59 Å². The minimum atomic E-state index is -1.09. The molecule has 0 spiro atoms. The van der Waals surface area contributed by atoms with Crippen LogP contribution < -0.4 is 15.8 Å². The summed E-state index contributed by atoms with van der Waals surface area (Å²) in [4.78, 5) is 22.7. The minimum absolute atomic E-state index is 0.0481. The second-order valence-corrected chi connectivity index (χ2v) is 4.46. The first-order valence-corrected chi connectivity index (χ1v) is 6.51. The van der Waals surface area contributed by atoms with Crippen LogP contribution in [0.5, 0.6) is 5.75 Å². The molecule has 0 aliphatic carbocycles. The summed E-state index contributed by atoms with van der Waals surface area (Å²) in [5, 5.41) is 11.6. The van der Waals surface area contributed by atoms with Gasteiger partial charge in [0.25, 0.3) is 5.91 Å². The molecule has 1 rings (SSSR count). The van der Waals surface area contributed by atoms with Crippen LogP contribution in [0.2, 0.25) is 0 Å². The number of nitrogen functional groups attached to an aromatic ring is 1. The fourth-order valence-corrected chi connectivity index (χ4v) is 1.59. The van der Waals surface area contributed by atoms with Gasteiger partial charge in [-0.1, -0.05) is 0 Å². The van der Waals surface area contributed by atoms with Gasteiger partial charge in [0.1, 0.15) is 5.75 Å². The maximum Gasteiger partial charge on any atom is 0.335 e. The maximum atomic E-state index is 11.8. The molecular formula is C14H20N2O5. The molecule has 0 aliphatic rings. The average Bonchev–Trinajstić information content (AvgIpc) is 2.45. The molecule has 0 heterocycles.